The normalized spacial score (nSPS) is 14.9. The van der Waals surface area contributed by atoms with Crippen molar-refractivity contribution in [1.82, 2.24) is 0 Å². The highest BCUT2D eigenvalue weighted by Crippen LogP contribution is 2.57. The minimum Gasteiger partial charge on any atom is -0.494 e. The molecule has 3 aliphatic rings. The molecule has 2 nitrogen and oxygen atoms in total. The summed E-state index contributed by atoms with van der Waals surface area (Å²) in [6.07, 6.45) is 4.36. The Bertz CT molecular complexity index is 1790. The van der Waals surface area contributed by atoms with Crippen LogP contribution in [0.15, 0.2) is 109 Å². The van der Waals surface area contributed by atoms with E-state index in [0.29, 0.717) is 0 Å². The van der Waals surface area contributed by atoms with Crippen LogP contribution in [0.5, 0.6) is 11.5 Å². The Hall–Kier alpha value is -5.18. The van der Waals surface area contributed by atoms with Gasteiger partial charge >= 0.3 is 0 Å². The Balaban J connectivity index is 1.29. The summed E-state index contributed by atoms with van der Waals surface area (Å²) in [5.41, 5.74) is 12.2. The van der Waals surface area contributed by atoms with Gasteiger partial charge in [-0.2, -0.15) is 0 Å². The molecule has 0 atom stereocenters. The maximum atomic E-state index is 5.86. The van der Waals surface area contributed by atoms with Crippen LogP contribution in [0, 0.1) is 23.7 Å². The number of hydrogen-bond donors (Lipinski definition) is 0. The van der Waals surface area contributed by atoms with Gasteiger partial charge in [-0.15, -0.1) is 0 Å². The van der Waals surface area contributed by atoms with Crippen LogP contribution in [0.2, 0.25) is 0 Å². The van der Waals surface area contributed by atoms with Gasteiger partial charge in [-0.3, -0.25) is 0 Å². The summed E-state index contributed by atoms with van der Waals surface area (Å²) in [7, 11) is 0. The van der Waals surface area contributed by atoms with E-state index in [0.717, 1.165) is 72.6 Å². The number of rotatable bonds is 8. The predicted molar refractivity (Wildman–Crippen MR) is 187 cm³/mol. The Morgan fingerprint density at radius 2 is 0.826 bits per heavy atom. The van der Waals surface area contributed by atoms with Gasteiger partial charge in [0.15, 0.2) is 0 Å². The SMILES string of the molecule is CCCCOc1ccc(C#Cc2ccc(C#Cc3ccc(OCCCC)cc3)c3c2C2c4ccccc4C3c3ccccc32)cc1. The van der Waals surface area contributed by atoms with E-state index in [4.69, 9.17) is 9.47 Å². The van der Waals surface area contributed by atoms with E-state index < -0.39 is 0 Å². The molecule has 0 aromatic heterocycles. The highest BCUT2D eigenvalue weighted by molar-refractivity contribution is 5.74. The predicted octanol–water partition coefficient (Wildman–Crippen LogP) is 9.83. The molecule has 3 aliphatic carbocycles. The van der Waals surface area contributed by atoms with Crippen LogP contribution in [-0.4, -0.2) is 13.2 Å². The lowest BCUT2D eigenvalue weighted by molar-refractivity contribution is 0.309. The lowest BCUT2D eigenvalue weighted by Gasteiger charge is -2.43. The summed E-state index contributed by atoms with van der Waals surface area (Å²) >= 11 is 0. The average molecular weight is 599 g/mol. The number of hydrogen-bond acceptors (Lipinski definition) is 2. The standard InChI is InChI=1S/C44H38O2/c1-3-5-29-45-35-25-17-31(18-26-35)15-21-33-23-24-34(22-16-32-19-27-36(28-20-32)46-30-6-4-2)42-41(33)43-37-11-7-9-13-39(37)44(42)40-14-10-8-12-38(40)43/h7-14,17-20,23-28,43-44H,3-6,29-30H2,1-2H3. The average Bonchev–Trinajstić information content (AvgIpc) is 3.11. The van der Waals surface area contributed by atoms with Crippen molar-refractivity contribution >= 4 is 0 Å². The van der Waals surface area contributed by atoms with Gasteiger partial charge in [0.1, 0.15) is 11.5 Å². The maximum absolute atomic E-state index is 5.86. The highest BCUT2D eigenvalue weighted by atomic mass is 16.5. The van der Waals surface area contributed by atoms with Crippen LogP contribution < -0.4 is 9.47 Å². The molecule has 0 fully saturated rings. The Labute approximate surface area is 273 Å². The molecule has 5 aromatic rings. The van der Waals surface area contributed by atoms with Crippen molar-refractivity contribution in [2.24, 2.45) is 0 Å². The molecule has 0 amide bonds. The van der Waals surface area contributed by atoms with E-state index in [2.05, 4.69) is 122 Å². The largest absolute Gasteiger partial charge is 0.494 e. The van der Waals surface area contributed by atoms with E-state index in [-0.39, 0.29) is 11.8 Å². The maximum Gasteiger partial charge on any atom is 0.119 e. The summed E-state index contributed by atoms with van der Waals surface area (Å²) in [5.74, 6) is 16.1. The quantitative estimate of drug-likeness (QED) is 0.128. The fraction of sp³-hybridized carbons (Fsp3) is 0.227. The van der Waals surface area contributed by atoms with Gasteiger partial charge in [0, 0.05) is 34.1 Å². The Morgan fingerprint density at radius 3 is 1.17 bits per heavy atom. The van der Waals surface area contributed by atoms with E-state index in [9.17, 15) is 0 Å². The summed E-state index contributed by atoms with van der Waals surface area (Å²) in [6.45, 7) is 5.83. The van der Waals surface area contributed by atoms with Crippen LogP contribution in [0.1, 0.15) is 107 Å². The molecular weight excluding hydrogens is 560 g/mol. The summed E-state index contributed by atoms with van der Waals surface area (Å²) in [6, 6.07) is 38.5. The van der Waals surface area contributed by atoms with Crippen molar-refractivity contribution < 1.29 is 9.47 Å². The topological polar surface area (TPSA) is 18.5 Å². The molecule has 0 saturated heterocycles. The van der Waals surface area contributed by atoms with Gasteiger partial charge in [-0.05, 0) is 107 Å². The minimum absolute atomic E-state index is 0.118. The molecule has 0 heterocycles. The summed E-state index contributed by atoms with van der Waals surface area (Å²) in [4.78, 5) is 0. The molecule has 0 unspecified atom stereocenters. The van der Waals surface area contributed by atoms with Gasteiger partial charge in [0.2, 0.25) is 0 Å². The molecule has 0 N–H and O–H groups in total. The summed E-state index contributed by atoms with van der Waals surface area (Å²) in [5, 5.41) is 0. The van der Waals surface area contributed by atoms with Crippen molar-refractivity contribution in [3.8, 4) is 35.2 Å². The third-order valence-electron chi connectivity index (χ3n) is 9.03. The van der Waals surface area contributed by atoms with Crippen LogP contribution in [-0.2, 0) is 0 Å². The van der Waals surface area contributed by atoms with Gasteiger partial charge in [-0.25, -0.2) is 0 Å². The second-order valence-corrected chi connectivity index (χ2v) is 12.1. The molecular formula is C44H38O2. The first-order valence-corrected chi connectivity index (χ1v) is 16.6. The van der Waals surface area contributed by atoms with Crippen molar-refractivity contribution in [2.45, 2.75) is 51.4 Å². The van der Waals surface area contributed by atoms with E-state index in [1.807, 2.05) is 24.3 Å². The second-order valence-electron chi connectivity index (χ2n) is 12.1. The van der Waals surface area contributed by atoms with Crippen LogP contribution in [0.3, 0.4) is 0 Å². The van der Waals surface area contributed by atoms with E-state index >= 15 is 0 Å². The molecule has 0 spiro atoms. The lowest BCUT2D eigenvalue weighted by atomic mass is 9.59. The zero-order valence-corrected chi connectivity index (χ0v) is 26.6. The van der Waals surface area contributed by atoms with Crippen molar-refractivity contribution in [1.29, 1.82) is 0 Å². The monoisotopic (exact) mass is 598 g/mol. The fourth-order valence-electron chi connectivity index (χ4n) is 6.72. The van der Waals surface area contributed by atoms with Crippen molar-refractivity contribution in [3.05, 3.63) is 165 Å². The Morgan fingerprint density at radius 1 is 0.457 bits per heavy atom. The van der Waals surface area contributed by atoms with E-state index in [1.54, 1.807) is 0 Å². The first-order valence-electron chi connectivity index (χ1n) is 16.6. The molecule has 46 heavy (non-hydrogen) atoms. The molecule has 2 heteroatoms. The molecule has 0 aliphatic heterocycles. The number of benzene rings is 5. The molecule has 8 rings (SSSR count). The third kappa shape index (κ3) is 5.80. The van der Waals surface area contributed by atoms with Crippen molar-refractivity contribution in [3.63, 3.8) is 0 Å². The number of ether oxygens (including phenoxy) is 2. The third-order valence-corrected chi connectivity index (χ3v) is 9.03. The fourth-order valence-corrected chi connectivity index (χ4v) is 6.72. The van der Waals surface area contributed by atoms with Gasteiger partial charge < -0.3 is 9.47 Å². The first-order chi connectivity index (χ1) is 22.7. The zero-order valence-electron chi connectivity index (χ0n) is 26.6. The Kier molecular flexibility index (Phi) is 8.63. The summed E-state index contributed by atoms with van der Waals surface area (Å²) < 4.78 is 11.7. The molecule has 226 valence electrons. The van der Waals surface area contributed by atoms with Gasteiger partial charge in [-0.1, -0.05) is 98.9 Å². The highest BCUT2D eigenvalue weighted by Gasteiger charge is 2.43. The second kappa shape index (κ2) is 13.4. The molecule has 2 bridgehead atoms. The van der Waals surface area contributed by atoms with Crippen LogP contribution in [0.25, 0.3) is 0 Å². The molecule has 0 saturated carbocycles. The van der Waals surface area contributed by atoms with Crippen LogP contribution in [0.4, 0.5) is 0 Å². The van der Waals surface area contributed by atoms with Gasteiger partial charge in [0.25, 0.3) is 0 Å². The zero-order chi connectivity index (χ0) is 31.3. The molecule has 5 aromatic carbocycles. The van der Waals surface area contributed by atoms with E-state index in [1.165, 1.54) is 33.4 Å². The lowest BCUT2D eigenvalue weighted by Crippen LogP contribution is -2.29. The van der Waals surface area contributed by atoms with Crippen molar-refractivity contribution in [2.75, 3.05) is 13.2 Å². The molecule has 0 radical (unpaired) electrons. The first kappa shape index (κ1) is 29.5. The van der Waals surface area contributed by atoms with Crippen LogP contribution >= 0.6 is 0 Å². The smallest absolute Gasteiger partial charge is 0.119 e. The minimum atomic E-state index is 0.118. The number of unbranched alkanes of at least 4 members (excludes halogenated alkanes) is 2. The van der Waals surface area contributed by atoms with Gasteiger partial charge in [0.05, 0.1) is 13.2 Å².